The van der Waals surface area contributed by atoms with Gasteiger partial charge in [-0.25, -0.2) is 4.79 Å². The minimum absolute atomic E-state index is 0.151. The van der Waals surface area contributed by atoms with Gasteiger partial charge in [0.05, 0.1) is 19.8 Å². The molecule has 0 aromatic carbocycles. The molecule has 20 heavy (non-hydrogen) atoms. The highest BCUT2D eigenvalue weighted by Crippen LogP contribution is 2.20. The van der Waals surface area contributed by atoms with Gasteiger partial charge in [0.25, 0.3) is 6.48 Å². The van der Waals surface area contributed by atoms with E-state index in [2.05, 4.69) is 4.98 Å². The monoisotopic (exact) mass is 285 g/mol. The van der Waals surface area contributed by atoms with Gasteiger partial charge in [0.2, 0.25) is 0 Å². The molecule has 9 heteroatoms. The first-order chi connectivity index (χ1) is 9.72. The van der Waals surface area contributed by atoms with Crippen molar-refractivity contribution in [3.63, 3.8) is 0 Å². The zero-order chi connectivity index (χ0) is 13.9. The van der Waals surface area contributed by atoms with Crippen molar-refractivity contribution in [2.45, 2.75) is 19.0 Å². The number of nitrogens with two attached hydrogens (primary N) is 1. The Morgan fingerprint density at radius 1 is 1.40 bits per heavy atom. The molecule has 2 aliphatic rings. The van der Waals surface area contributed by atoms with E-state index in [0.717, 1.165) is 0 Å². The third-order valence-electron chi connectivity index (χ3n) is 2.85. The molecule has 0 bridgehead atoms. The Morgan fingerprint density at radius 3 is 2.95 bits per heavy atom. The molecule has 9 nitrogen and oxygen atoms in total. The van der Waals surface area contributed by atoms with Crippen molar-refractivity contribution in [2.75, 3.05) is 32.2 Å². The molecule has 0 aliphatic carbocycles. The number of aromatic nitrogens is 2. The van der Waals surface area contributed by atoms with Gasteiger partial charge >= 0.3 is 5.69 Å². The summed E-state index contributed by atoms with van der Waals surface area (Å²) in [6, 6.07) is 1.52. The molecule has 2 unspecified atom stereocenters. The molecular weight excluding hydrogens is 270 g/mol. The van der Waals surface area contributed by atoms with E-state index in [-0.39, 0.29) is 19.0 Å². The second-order valence-electron chi connectivity index (χ2n) is 4.26. The molecule has 2 aliphatic heterocycles. The van der Waals surface area contributed by atoms with Crippen molar-refractivity contribution in [2.24, 2.45) is 0 Å². The first-order valence-electron chi connectivity index (χ1n) is 6.19. The van der Waals surface area contributed by atoms with E-state index in [1.807, 2.05) is 0 Å². The third-order valence-corrected chi connectivity index (χ3v) is 2.85. The van der Waals surface area contributed by atoms with Crippen LogP contribution >= 0.6 is 0 Å². The fourth-order valence-corrected chi connectivity index (χ4v) is 1.91. The molecule has 0 spiro atoms. The molecule has 2 saturated heterocycles. The van der Waals surface area contributed by atoms with Crippen LogP contribution in [0.15, 0.2) is 17.1 Å². The van der Waals surface area contributed by atoms with Crippen LogP contribution in [0.2, 0.25) is 0 Å². The molecule has 2 N–H and O–H groups in total. The molecule has 110 valence electrons. The van der Waals surface area contributed by atoms with E-state index in [4.69, 9.17) is 29.4 Å². The van der Waals surface area contributed by atoms with Crippen LogP contribution in [0, 0.1) is 0 Å². The van der Waals surface area contributed by atoms with Crippen molar-refractivity contribution < 1.29 is 23.7 Å². The molecule has 3 heterocycles. The minimum atomic E-state index is -0.679. The Kier molecular flexibility index (Phi) is 3.94. The molecule has 0 saturated carbocycles. The lowest BCUT2D eigenvalue weighted by Gasteiger charge is -2.15. The standard InChI is InChI=1S/C11H15N3O6/c12-7-1-2-14(10(15)13-7)8-5-18-9(20-8)6-19-11-16-3-4-17-11/h1-2,8-9,11H,3-6H2,(H2,12,13,15). The summed E-state index contributed by atoms with van der Waals surface area (Å²) in [4.78, 5) is 15.3. The highest BCUT2D eigenvalue weighted by Gasteiger charge is 2.29. The zero-order valence-corrected chi connectivity index (χ0v) is 10.6. The second kappa shape index (κ2) is 5.85. The summed E-state index contributed by atoms with van der Waals surface area (Å²) in [5, 5.41) is 0. The first kappa shape index (κ1) is 13.5. The van der Waals surface area contributed by atoms with Gasteiger partial charge in [0, 0.05) is 6.20 Å². The molecule has 0 radical (unpaired) electrons. The van der Waals surface area contributed by atoms with Gasteiger partial charge in [-0.05, 0) is 6.07 Å². The molecule has 1 aromatic rings. The molecule has 0 amide bonds. The average Bonchev–Trinajstić information content (AvgIpc) is 3.07. The topological polar surface area (TPSA) is 107 Å². The maximum absolute atomic E-state index is 11.7. The summed E-state index contributed by atoms with van der Waals surface area (Å²) in [5.41, 5.74) is 4.94. The smallest absolute Gasteiger partial charge is 0.351 e. The Bertz CT molecular complexity index is 515. The van der Waals surface area contributed by atoms with E-state index in [1.165, 1.54) is 16.8 Å². The van der Waals surface area contributed by atoms with Crippen LogP contribution < -0.4 is 11.4 Å². The molecule has 2 atom stereocenters. The van der Waals surface area contributed by atoms with E-state index in [9.17, 15) is 4.79 Å². The average molecular weight is 285 g/mol. The van der Waals surface area contributed by atoms with Crippen LogP contribution in [0.1, 0.15) is 6.23 Å². The Balaban J connectivity index is 1.54. The number of anilines is 1. The lowest BCUT2D eigenvalue weighted by Crippen LogP contribution is -2.29. The molecule has 2 fully saturated rings. The first-order valence-corrected chi connectivity index (χ1v) is 6.19. The van der Waals surface area contributed by atoms with E-state index in [1.54, 1.807) is 0 Å². The van der Waals surface area contributed by atoms with Gasteiger partial charge < -0.3 is 29.4 Å². The van der Waals surface area contributed by atoms with Gasteiger partial charge in [0.15, 0.2) is 12.5 Å². The van der Waals surface area contributed by atoms with Gasteiger partial charge in [-0.15, -0.1) is 0 Å². The summed E-state index contributed by atoms with van der Waals surface area (Å²) in [6.07, 6.45) is 0.386. The van der Waals surface area contributed by atoms with Gasteiger partial charge in [-0.2, -0.15) is 4.98 Å². The largest absolute Gasteiger partial charge is 0.383 e. The van der Waals surface area contributed by atoms with E-state index >= 15 is 0 Å². The van der Waals surface area contributed by atoms with Crippen LogP contribution in [0.25, 0.3) is 0 Å². The highest BCUT2D eigenvalue weighted by atomic mass is 16.9. The van der Waals surface area contributed by atoms with Gasteiger partial charge in [0.1, 0.15) is 12.4 Å². The molecule has 1 aromatic heterocycles. The minimum Gasteiger partial charge on any atom is -0.383 e. The predicted molar refractivity (Wildman–Crippen MR) is 64.4 cm³/mol. The third kappa shape index (κ3) is 2.97. The van der Waals surface area contributed by atoms with Crippen LogP contribution in [0.4, 0.5) is 5.82 Å². The second-order valence-corrected chi connectivity index (χ2v) is 4.26. The predicted octanol–water partition coefficient (Wildman–Crippen LogP) is -0.956. The van der Waals surface area contributed by atoms with Crippen molar-refractivity contribution in [3.8, 4) is 0 Å². The number of nitrogen functional groups attached to an aromatic ring is 1. The Morgan fingerprint density at radius 2 is 2.20 bits per heavy atom. The summed E-state index contributed by atoms with van der Waals surface area (Å²) >= 11 is 0. The highest BCUT2D eigenvalue weighted by molar-refractivity contribution is 5.23. The summed E-state index contributed by atoms with van der Waals surface area (Å²) in [5.74, 6) is 0.167. The normalized spacial score (nSPS) is 27.2. The summed E-state index contributed by atoms with van der Waals surface area (Å²) in [6.45, 7) is 0.713. The Hall–Kier alpha value is -1.52. The number of ether oxygens (including phenoxy) is 5. The lowest BCUT2D eigenvalue weighted by molar-refractivity contribution is -0.255. The number of nitrogens with zero attached hydrogens (tertiary/aromatic N) is 2. The van der Waals surface area contributed by atoms with E-state index < -0.39 is 24.7 Å². The van der Waals surface area contributed by atoms with Crippen LogP contribution in [0.3, 0.4) is 0 Å². The molecule has 3 rings (SSSR count). The summed E-state index contributed by atoms with van der Waals surface area (Å²) in [7, 11) is 0. The lowest BCUT2D eigenvalue weighted by atomic mass is 10.5. The van der Waals surface area contributed by atoms with Gasteiger partial charge in [-0.1, -0.05) is 0 Å². The maximum Gasteiger partial charge on any atom is 0.351 e. The van der Waals surface area contributed by atoms with Gasteiger partial charge in [-0.3, -0.25) is 4.57 Å². The van der Waals surface area contributed by atoms with Crippen LogP contribution in [-0.4, -0.2) is 48.7 Å². The van der Waals surface area contributed by atoms with Crippen molar-refractivity contribution in [1.29, 1.82) is 0 Å². The quantitative estimate of drug-likeness (QED) is 0.754. The fraction of sp³-hybridized carbons (Fsp3) is 0.636. The SMILES string of the molecule is Nc1ccn(C2COC(COC3OCCO3)O2)c(=O)n1. The van der Waals surface area contributed by atoms with E-state index in [0.29, 0.717) is 13.2 Å². The maximum atomic E-state index is 11.7. The fourth-order valence-electron chi connectivity index (χ4n) is 1.91. The number of hydrogen-bond donors (Lipinski definition) is 1. The summed E-state index contributed by atoms with van der Waals surface area (Å²) < 4.78 is 27.8. The molecular formula is C11H15N3O6. The number of hydrogen-bond acceptors (Lipinski definition) is 8. The number of rotatable bonds is 4. The van der Waals surface area contributed by atoms with Crippen molar-refractivity contribution in [1.82, 2.24) is 9.55 Å². The van der Waals surface area contributed by atoms with Crippen molar-refractivity contribution in [3.05, 3.63) is 22.7 Å². The Labute approximate surface area is 114 Å². The van der Waals surface area contributed by atoms with Crippen LogP contribution in [-0.2, 0) is 23.7 Å². The van der Waals surface area contributed by atoms with Crippen LogP contribution in [0.5, 0.6) is 0 Å². The zero-order valence-electron chi connectivity index (χ0n) is 10.6. The van der Waals surface area contributed by atoms with Crippen molar-refractivity contribution >= 4 is 5.82 Å².